The van der Waals surface area contributed by atoms with Crippen LogP contribution in [-0.2, 0) is 19.4 Å². The van der Waals surface area contributed by atoms with Crippen molar-refractivity contribution in [3.05, 3.63) is 59.2 Å². The van der Waals surface area contributed by atoms with E-state index >= 15 is 0 Å². The Labute approximate surface area is 130 Å². The zero-order valence-electron chi connectivity index (χ0n) is 12.1. The number of anilines is 1. The number of fused-ring (bicyclic) bond motifs is 2. The van der Waals surface area contributed by atoms with E-state index in [-0.39, 0.29) is 0 Å². The Morgan fingerprint density at radius 3 is 2.86 bits per heavy atom. The predicted octanol–water partition coefficient (Wildman–Crippen LogP) is 3.34. The molecular formula is C18H20N2S. The Morgan fingerprint density at radius 2 is 1.95 bits per heavy atom. The molecule has 2 N–H and O–H groups in total. The highest BCUT2D eigenvalue weighted by Crippen LogP contribution is 2.37. The molecule has 4 rings (SSSR count). The van der Waals surface area contributed by atoms with Gasteiger partial charge in [0, 0.05) is 35.5 Å². The molecule has 0 amide bonds. The predicted molar refractivity (Wildman–Crippen MR) is 89.6 cm³/mol. The van der Waals surface area contributed by atoms with Gasteiger partial charge in [0.2, 0.25) is 0 Å². The molecule has 0 aromatic heterocycles. The average molecular weight is 296 g/mol. The maximum Gasteiger partial charge on any atom is 0.0350 e. The van der Waals surface area contributed by atoms with Crippen LogP contribution in [0.4, 0.5) is 5.69 Å². The summed E-state index contributed by atoms with van der Waals surface area (Å²) >= 11 is 2.05. The zero-order chi connectivity index (χ0) is 14.2. The number of nitrogen functional groups attached to an aromatic ring is 1. The molecule has 2 aromatic carbocycles. The summed E-state index contributed by atoms with van der Waals surface area (Å²) in [6.45, 7) is 3.36. The van der Waals surface area contributed by atoms with E-state index in [1.165, 1.54) is 34.6 Å². The van der Waals surface area contributed by atoms with Gasteiger partial charge in [0.1, 0.15) is 0 Å². The van der Waals surface area contributed by atoms with Gasteiger partial charge in [-0.05, 0) is 41.7 Å². The monoisotopic (exact) mass is 296 g/mol. The van der Waals surface area contributed by atoms with Crippen molar-refractivity contribution in [1.82, 2.24) is 4.90 Å². The molecule has 2 aromatic rings. The SMILES string of the molecule is Nc1cccc2c1CCN(CC1Cc3ccccc3S1)C2. The minimum Gasteiger partial charge on any atom is -0.398 e. The van der Waals surface area contributed by atoms with Crippen LogP contribution in [0.1, 0.15) is 16.7 Å². The molecule has 2 aliphatic rings. The summed E-state index contributed by atoms with van der Waals surface area (Å²) in [5.41, 5.74) is 11.4. The third-order valence-corrected chi connectivity index (χ3v) is 5.86. The minimum atomic E-state index is 0.699. The van der Waals surface area contributed by atoms with Gasteiger partial charge in [-0.1, -0.05) is 30.3 Å². The Bertz CT molecular complexity index is 643. The van der Waals surface area contributed by atoms with E-state index in [4.69, 9.17) is 5.73 Å². The minimum absolute atomic E-state index is 0.699. The molecule has 0 radical (unpaired) electrons. The second-order valence-corrected chi connectivity index (χ2v) is 7.36. The van der Waals surface area contributed by atoms with Crippen molar-refractivity contribution < 1.29 is 0 Å². The van der Waals surface area contributed by atoms with Crippen molar-refractivity contribution in [2.24, 2.45) is 0 Å². The lowest BCUT2D eigenvalue weighted by molar-refractivity contribution is 0.255. The molecule has 3 heteroatoms. The highest BCUT2D eigenvalue weighted by molar-refractivity contribution is 8.00. The molecule has 1 unspecified atom stereocenters. The summed E-state index contributed by atoms with van der Waals surface area (Å²) in [7, 11) is 0. The molecule has 0 bridgehead atoms. The van der Waals surface area contributed by atoms with Crippen LogP contribution in [0.3, 0.4) is 0 Å². The van der Waals surface area contributed by atoms with Crippen LogP contribution in [0.15, 0.2) is 47.4 Å². The summed E-state index contributed by atoms with van der Waals surface area (Å²) in [4.78, 5) is 4.06. The molecule has 0 fully saturated rings. The molecule has 2 heterocycles. The fourth-order valence-corrected chi connectivity index (χ4v) is 4.86. The first-order valence-electron chi connectivity index (χ1n) is 7.63. The number of rotatable bonds is 2. The van der Waals surface area contributed by atoms with Crippen LogP contribution in [0.2, 0.25) is 0 Å². The number of hydrogen-bond donors (Lipinski definition) is 1. The van der Waals surface area contributed by atoms with Crippen molar-refractivity contribution >= 4 is 17.4 Å². The fraction of sp³-hybridized carbons (Fsp3) is 0.333. The summed E-state index contributed by atoms with van der Waals surface area (Å²) in [5.74, 6) is 0. The Morgan fingerprint density at radius 1 is 1.10 bits per heavy atom. The maximum absolute atomic E-state index is 6.09. The summed E-state index contributed by atoms with van der Waals surface area (Å²) in [6, 6.07) is 15.2. The van der Waals surface area contributed by atoms with Gasteiger partial charge in [0.15, 0.2) is 0 Å². The van der Waals surface area contributed by atoms with Crippen molar-refractivity contribution in [2.75, 3.05) is 18.8 Å². The Balaban J connectivity index is 1.44. The molecule has 21 heavy (non-hydrogen) atoms. The van der Waals surface area contributed by atoms with E-state index in [1.807, 2.05) is 17.8 Å². The second kappa shape index (κ2) is 5.39. The third-order valence-electron chi connectivity index (χ3n) is 4.56. The number of thioether (sulfide) groups is 1. The largest absolute Gasteiger partial charge is 0.398 e. The van der Waals surface area contributed by atoms with Gasteiger partial charge in [-0.2, -0.15) is 0 Å². The number of nitrogens with zero attached hydrogens (tertiary/aromatic N) is 1. The molecule has 0 saturated carbocycles. The maximum atomic E-state index is 6.09. The lowest BCUT2D eigenvalue weighted by Crippen LogP contribution is -2.35. The summed E-state index contributed by atoms with van der Waals surface area (Å²) in [5, 5.41) is 0.699. The van der Waals surface area contributed by atoms with E-state index in [2.05, 4.69) is 41.3 Å². The average Bonchev–Trinajstić information content (AvgIpc) is 2.89. The van der Waals surface area contributed by atoms with E-state index in [0.717, 1.165) is 25.2 Å². The number of benzene rings is 2. The second-order valence-electron chi connectivity index (χ2n) is 6.02. The van der Waals surface area contributed by atoms with E-state index in [9.17, 15) is 0 Å². The van der Waals surface area contributed by atoms with Gasteiger partial charge in [-0.25, -0.2) is 0 Å². The standard InChI is InChI=1S/C18H20N2S/c19-17-6-3-5-14-11-20(9-8-16(14)17)12-15-10-13-4-1-2-7-18(13)21-15/h1-7,15H,8-12,19H2. The zero-order valence-corrected chi connectivity index (χ0v) is 12.9. The van der Waals surface area contributed by atoms with Crippen molar-refractivity contribution in [3.8, 4) is 0 Å². The lowest BCUT2D eigenvalue weighted by atomic mass is 9.97. The molecule has 108 valence electrons. The first kappa shape index (κ1) is 13.2. The van der Waals surface area contributed by atoms with Gasteiger partial charge in [-0.15, -0.1) is 11.8 Å². The lowest BCUT2D eigenvalue weighted by Gasteiger charge is -2.31. The number of hydrogen-bond acceptors (Lipinski definition) is 3. The molecule has 0 spiro atoms. The Hall–Kier alpha value is -1.45. The van der Waals surface area contributed by atoms with Crippen LogP contribution in [0.25, 0.3) is 0 Å². The normalized spacial score (nSPS) is 21.0. The summed E-state index contributed by atoms with van der Waals surface area (Å²) in [6.07, 6.45) is 2.30. The van der Waals surface area contributed by atoms with Crippen molar-refractivity contribution in [2.45, 2.75) is 29.5 Å². The van der Waals surface area contributed by atoms with Crippen LogP contribution in [0, 0.1) is 0 Å². The first-order valence-corrected chi connectivity index (χ1v) is 8.51. The smallest absolute Gasteiger partial charge is 0.0350 e. The van der Waals surface area contributed by atoms with Crippen LogP contribution >= 0.6 is 11.8 Å². The third kappa shape index (κ3) is 2.56. The molecule has 2 nitrogen and oxygen atoms in total. The molecule has 0 aliphatic carbocycles. The quantitative estimate of drug-likeness (QED) is 0.862. The highest BCUT2D eigenvalue weighted by atomic mass is 32.2. The van der Waals surface area contributed by atoms with E-state index in [0.29, 0.717) is 5.25 Å². The van der Waals surface area contributed by atoms with Crippen molar-refractivity contribution in [1.29, 1.82) is 0 Å². The van der Waals surface area contributed by atoms with Gasteiger partial charge in [-0.3, -0.25) is 4.90 Å². The Kier molecular flexibility index (Phi) is 3.40. The van der Waals surface area contributed by atoms with Crippen LogP contribution in [0.5, 0.6) is 0 Å². The molecule has 0 saturated heterocycles. The van der Waals surface area contributed by atoms with Crippen molar-refractivity contribution in [3.63, 3.8) is 0 Å². The molecule has 1 atom stereocenters. The highest BCUT2D eigenvalue weighted by Gasteiger charge is 2.26. The number of nitrogens with two attached hydrogens (primary N) is 1. The van der Waals surface area contributed by atoms with Gasteiger partial charge < -0.3 is 5.73 Å². The van der Waals surface area contributed by atoms with E-state index in [1.54, 1.807) is 0 Å². The first-order chi connectivity index (χ1) is 10.3. The van der Waals surface area contributed by atoms with Gasteiger partial charge in [0.25, 0.3) is 0 Å². The van der Waals surface area contributed by atoms with Gasteiger partial charge >= 0.3 is 0 Å². The topological polar surface area (TPSA) is 29.3 Å². The van der Waals surface area contributed by atoms with Crippen LogP contribution in [-0.4, -0.2) is 23.2 Å². The molecule has 2 aliphatic heterocycles. The van der Waals surface area contributed by atoms with E-state index < -0.39 is 0 Å². The fourth-order valence-electron chi connectivity index (χ4n) is 3.50. The summed E-state index contributed by atoms with van der Waals surface area (Å²) < 4.78 is 0. The van der Waals surface area contributed by atoms with Crippen LogP contribution < -0.4 is 5.73 Å². The van der Waals surface area contributed by atoms with Gasteiger partial charge in [0.05, 0.1) is 0 Å². The molecular weight excluding hydrogens is 276 g/mol.